The Hall–Kier alpha value is -2.81. The van der Waals surface area contributed by atoms with Crippen LogP contribution in [0.4, 0.5) is 4.79 Å². The van der Waals surface area contributed by atoms with E-state index in [1.165, 1.54) is 4.90 Å². The molecule has 0 aliphatic carbocycles. The Morgan fingerprint density at radius 3 is 2.47 bits per heavy atom. The van der Waals surface area contributed by atoms with Gasteiger partial charge in [-0.2, -0.15) is 0 Å². The third-order valence-electron chi connectivity index (χ3n) is 5.53. The lowest BCUT2D eigenvalue weighted by Gasteiger charge is -2.29. The van der Waals surface area contributed by atoms with Crippen molar-refractivity contribution in [2.75, 3.05) is 47.9 Å². The van der Waals surface area contributed by atoms with Gasteiger partial charge in [-0.15, -0.1) is 0 Å². The van der Waals surface area contributed by atoms with Gasteiger partial charge >= 0.3 is 6.03 Å². The van der Waals surface area contributed by atoms with Crippen molar-refractivity contribution in [2.24, 2.45) is 0 Å². The fourth-order valence-electron chi connectivity index (χ4n) is 3.87. The second-order valence-electron chi connectivity index (χ2n) is 7.85. The monoisotopic (exact) mass is 418 g/mol. The molecular formula is C21H30N4O5. The van der Waals surface area contributed by atoms with Gasteiger partial charge < -0.3 is 24.6 Å². The van der Waals surface area contributed by atoms with Gasteiger partial charge in [0.15, 0.2) is 11.5 Å². The number of methoxy groups -OCH3 is 2. The Morgan fingerprint density at radius 2 is 1.83 bits per heavy atom. The van der Waals surface area contributed by atoms with Gasteiger partial charge in [0, 0.05) is 39.0 Å². The summed E-state index contributed by atoms with van der Waals surface area (Å²) in [5.41, 5.74) is 1.93. The second kappa shape index (κ2) is 9.34. The molecular weight excluding hydrogens is 388 g/mol. The van der Waals surface area contributed by atoms with Crippen molar-refractivity contribution < 1.29 is 23.9 Å². The van der Waals surface area contributed by atoms with Crippen LogP contribution in [0.2, 0.25) is 0 Å². The first-order chi connectivity index (χ1) is 14.3. The third-order valence-corrected chi connectivity index (χ3v) is 5.53. The zero-order chi connectivity index (χ0) is 21.8. The normalized spacial score (nSPS) is 17.8. The molecule has 9 heteroatoms. The van der Waals surface area contributed by atoms with E-state index < -0.39 is 6.04 Å². The average molecular weight is 418 g/mol. The van der Waals surface area contributed by atoms with E-state index in [2.05, 4.69) is 5.32 Å². The van der Waals surface area contributed by atoms with Crippen LogP contribution >= 0.6 is 0 Å². The molecule has 3 rings (SSSR count). The average Bonchev–Trinajstić information content (AvgIpc) is 2.95. The zero-order valence-electron chi connectivity index (χ0n) is 18.1. The van der Waals surface area contributed by atoms with E-state index in [1.807, 2.05) is 31.1 Å². The van der Waals surface area contributed by atoms with Crippen LogP contribution in [-0.4, -0.2) is 86.5 Å². The number of fused-ring (bicyclic) bond motifs is 2. The maximum absolute atomic E-state index is 12.9. The fourth-order valence-corrected chi connectivity index (χ4v) is 3.87. The molecule has 1 atom stereocenters. The highest BCUT2D eigenvalue weighted by atomic mass is 16.5. The molecule has 9 nitrogen and oxygen atoms in total. The number of likely N-dealkylation sites (N-methyl/N-ethyl adjacent to an activating group) is 1. The van der Waals surface area contributed by atoms with Gasteiger partial charge in [0.05, 0.1) is 14.2 Å². The van der Waals surface area contributed by atoms with E-state index in [-0.39, 0.29) is 30.8 Å². The number of benzene rings is 1. The molecule has 1 aromatic carbocycles. The number of hydrogen-bond donors (Lipinski definition) is 1. The Balaban J connectivity index is 1.59. The van der Waals surface area contributed by atoms with Crippen LogP contribution in [0.1, 0.15) is 24.0 Å². The van der Waals surface area contributed by atoms with E-state index >= 15 is 0 Å². The topological polar surface area (TPSA) is 91.4 Å². The third kappa shape index (κ3) is 4.51. The lowest BCUT2D eigenvalue weighted by molar-refractivity contribution is -0.129. The number of carbonyl (C=O) groups is 3. The summed E-state index contributed by atoms with van der Waals surface area (Å²) in [6.45, 7) is 1.94. The van der Waals surface area contributed by atoms with Crippen molar-refractivity contribution in [3.8, 4) is 11.5 Å². The van der Waals surface area contributed by atoms with Gasteiger partial charge in [0.2, 0.25) is 5.91 Å². The molecule has 0 spiro atoms. The number of nitrogens with zero attached hydrogens (tertiary/aromatic N) is 3. The number of amides is 4. The lowest BCUT2D eigenvalue weighted by Crippen LogP contribution is -2.40. The lowest BCUT2D eigenvalue weighted by atomic mass is 9.94. The minimum atomic E-state index is -0.503. The minimum absolute atomic E-state index is 0.0692. The highest BCUT2D eigenvalue weighted by Gasteiger charge is 2.47. The van der Waals surface area contributed by atoms with E-state index in [0.29, 0.717) is 37.4 Å². The molecule has 0 saturated carbocycles. The van der Waals surface area contributed by atoms with Crippen LogP contribution in [0.15, 0.2) is 12.1 Å². The predicted molar refractivity (Wildman–Crippen MR) is 110 cm³/mol. The van der Waals surface area contributed by atoms with Gasteiger partial charge in [-0.25, -0.2) is 4.79 Å². The van der Waals surface area contributed by atoms with Crippen LogP contribution in [0.25, 0.3) is 0 Å². The second-order valence-corrected chi connectivity index (χ2v) is 7.85. The molecule has 2 aliphatic heterocycles. The van der Waals surface area contributed by atoms with Gasteiger partial charge in [-0.05, 0) is 43.8 Å². The summed E-state index contributed by atoms with van der Waals surface area (Å²) >= 11 is 0. The molecule has 4 amide bonds. The Bertz CT molecular complexity index is 775. The molecule has 30 heavy (non-hydrogen) atoms. The first kappa shape index (κ1) is 21.9. The molecule has 2 heterocycles. The van der Waals surface area contributed by atoms with Gasteiger partial charge in [0.1, 0.15) is 6.04 Å². The highest BCUT2D eigenvalue weighted by molar-refractivity contribution is 6.04. The number of ether oxygens (including phenoxy) is 2. The number of carbonyl (C=O) groups excluding carboxylic acids is 3. The molecule has 1 unspecified atom stereocenters. The summed E-state index contributed by atoms with van der Waals surface area (Å²) in [4.78, 5) is 42.5. The summed E-state index contributed by atoms with van der Waals surface area (Å²) in [7, 11) is 7.02. The molecule has 164 valence electrons. The van der Waals surface area contributed by atoms with Gasteiger partial charge in [0.25, 0.3) is 5.91 Å². The predicted octanol–water partition coefficient (Wildman–Crippen LogP) is 0.851. The summed E-state index contributed by atoms with van der Waals surface area (Å²) in [5, 5.41) is 2.84. The molecule has 1 N–H and O–H groups in total. The van der Waals surface area contributed by atoms with Gasteiger partial charge in [-0.1, -0.05) is 0 Å². The molecule has 2 aliphatic rings. The van der Waals surface area contributed by atoms with E-state index in [0.717, 1.165) is 17.7 Å². The molecule has 0 bridgehead atoms. The summed E-state index contributed by atoms with van der Waals surface area (Å²) in [6, 6.07) is 2.95. The molecule has 0 radical (unpaired) electrons. The molecule has 0 aromatic heterocycles. The van der Waals surface area contributed by atoms with Crippen molar-refractivity contribution in [2.45, 2.75) is 31.8 Å². The first-order valence-electron chi connectivity index (χ1n) is 10.1. The Morgan fingerprint density at radius 1 is 1.17 bits per heavy atom. The maximum atomic E-state index is 12.9. The largest absolute Gasteiger partial charge is 0.493 e. The highest BCUT2D eigenvalue weighted by Crippen LogP contribution is 2.37. The number of rotatable bonds is 9. The van der Waals surface area contributed by atoms with Crippen molar-refractivity contribution in [3.05, 3.63) is 23.3 Å². The summed E-state index contributed by atoms with van der Waals surface area (Å²) < 4.78 is 10.7. The van der Waals surface area contributed by atoms with Crippen molar-refractivity contribution in [3.63, 3.8) is 0 Å². The SMILES string of the molecule is COc1cc2c(cc1OC)CN1C(=O)N(CCCC(=O)NCCN(C)C)C(=O)C1C2. The minimum Gasteiger partial charge on any atom is -0.493 e. The standard InChI is InChI=1S/C21H30N4O5/c1-23(2)9-7-22-19(26)6-5-8-24-20(27)16-10-14-11-17(29-3)18(30-4)12-15(14)13-25(16)21(24)28/h11-12,16H,5-10,13H2,1-4H3,(H,22,26). The molecule has 1 fully saturated rings. The van der Waals surface area contributed by atoms with Crippen LogP contribution in [0.3, 0.4) is 0 Å². The van der Waals surface area contributed by atoms with E-state index in [9.17, 15) is 14.4 Å². The molecule has 1 saturated heterocycles. The number of hydrogen-bond acceptors (Lipinski definition) is 6. The Kier molecular flexibility index (Phi) is 6.81. The van der Waals surface area contributed by atoms with Crippen LogP contribution in [0, 0.1) is 0 Å². The van der Waals surface area contributed by atoms with Crippen molar-refractivity contribution in [1.82, 2.24) is 20.0 Å². The quantitative estimate of drug-likeness (QED) is 0.598. The summed E-state index contributed by atoms with van der Waals surface area (Å²) in [6.07, 6.45) is 1.17. The zero-order valence-corrected chi connectivity index (χ0v) is 18.1. The van der Waals surface area contributed by atoms with E-state index in [4.69, 9.17) is 9.47 Å². The van der Waals surface area contributed by atoms with Crippen LogP contribution < -0.4 is 14.8 Å². The fraction of sp³-hybridized carbons (Fsp3) is 0.571. The van der Waals surface area contributed by atoms with Crippen molar-refractivity contribution >= 4 is 17.8 Å². The number of nitrogens with one attached hydrogen (secondary N) is 1. The van der Waals surface area contributed by atoms with Crippen molar-refractivity contribution in [1.29, 1.82) is 0 Å². The molecule has 1 aromatic rings. The smallest absolute Gasteiger partial charge is 0.327 e. The van der Waals surface area contributed by atoms with Crippen LogP contribution in [-0.2, 0) is 22.6 Å². The van der Waals surface area contributed by atoms with Gasteiger partial charge in [-0.3, -0.25) is 14.5 Å². The van der Waals surface area contributed by atoms with E-state index in [1.54, 1.807) is 19.1 Å². The number of urea groups is 1. The summed E-state index contributed by atoms with van der Waals surface area (Å²) in [5.74, 6) is 0.942. The van der Waals surface area contributed by atoms with Crippen LogP contribution in [0.5, 0.6) is 11.5 Å². The number of imide groups is 1. The first-order valence-corrected chi connectivity index (χ1v) is 10.1. The Labute approximate surface area is 176 Å². The maximum Gasteiger partial charge on any atom is 0.327 e.